The SMILES string of the molecule is COc1ccccc1C(=O)N1CC2CC(C1)c1ccc(N([O-])O)c(=O)n1C2. The Balaban J connectivity index is 1.64. The highest BCUT2D eigenvalue weighted by molar-refractivity contribution is 5.97. The first-order valence-electron chi connectivity index (χ1n) is 8.81. The quantitative estimate of drug-likeness (QED) is 0.828. The zero-order chi connectivity index (χ0) is 19.1. The molecular formula is C19H20N3O5-. The lowest BCUT2D eigenvalue weighted by atomic mass is 9.83. The van der Waals surface area contributed by atoms with E-state index in [9.17, 15) is 14.8 Å². The van der Waals surface area contributed by atoms with E-state index in [1.807, 2.05) is 11.0 Å². The second-order valence-electron chi connectivity index (χ2n) is 7.04. The topological polar surface area (TPSA) is 98.1 Å². The molecule has 0 aliphatic carbocycles. The first kappa shape index (κ1) is 17.6. The van der Waals surface area contributed by atoms with E-state index < -0.39 is 10.8 Å². The van der Waals surface area contributed by atoms with Crippen LogP contribution < -0.4 is 15.5 Å². The molecule has 2 aliphatic rings. The van der Waals surface area contributed by atoms with E-state index in [0.29, 0.717) is 30.9 Å². The molecule has 142 valence electrons. The molecule has 2 aromatic rings. The molecule has 8 nitrogen and oxygen atoms in total. The number of piperidine rings is 1. The normalized spacial score (nSPS) is 20.8. The monoisotopic (exact) mass is 370 g/mol. The maximum Gasteiger partial charge on any atom is 0.275 e. The molecule has 1 fully saturated rings. The second kappa shape index (κ2) is 6.71. The zero-order valence-electron chi connectivity index (χ0n) is 14.9. The molecule has 2 unspecified atom stereocenters. The number of pyridine rings is 1. The third-order valence-corrected chi connectivity index (χ3v) is 5.41. The van der Waals surface area contributed by atoms with Crippen molar-refractivity contribution in [1.29, 1.82) is 0 Å². The van der Waals surface area contributed by atoms with Gasteiger partial charge in [0.15, 0.2) is 0 Å². The number of para-hydroxylation sites is 1. The highest BCUT2D eigenvalue weighted by Gasteiger charge is 2.37. The summed E-state index contributed by atoms with van der Waals surface area (Å²) in [6.45, 7) is 1.44. The number of carbonyl (C=O) groups excluding carboxylic acids is 1. The van der Waals surface area contributed by atoms with Crippen LogP contribution in [-0.4, -0.2) is 40.8 Å². The van der Waals surface area contributed by atoms with E-state index in [1.54, 1.807) is 28.8 Å². The first-order chi connectivity index (χ1) is 13.0. The predicted molar refractivity (Wildman–Crippen MR) is 98.1 cm³/mol. The van der Waals surface area contributed by atoms with Gasteiger partial charge in [-0.1, -0.05) is 12.1 Å². The van der Waals surface area contributed by atoms with Gasteiger partial charge in [-0.3, -0.25) is 14.8 Å². The number of carbonyl (C=O) groups is 1. The van der Waals surface area contributed by atoms with Gasteiger partial charge in [-0.25, -0.2) is 0 Å². The van der Waals surface area contributed by atoms with Gasteiger partial charge in [-0.15, -0.1) is 0 Å². The van der Waals surface area contributed by atoms with Crippen molar-refractivity contribution in [3.05, 3.63) is 63.2 Å². The summed E-state index contributed by atoms with van der Waals surface area (Å²) in [5, 5.41) is 19.9. The Bertz CT molecular complexity index is 939. The van der Waals surface area contributed by atoms with Crippen LogP contribution in [0.25, 0.3) is 0 Å². The fourth-order valence-electron chi connectivity index (χ4n) is 4.24. The number of hydrogen-bond donors (Lipinski definition) is 1. The third-order valence-electron chi connectivity index (χ3n) is 5.41. The van der Waals surface area contributed by atoms with Gasteiger partial charge in [-0.05, 0) is 36.6 Å². The van der Waals surface area contributed by atoms with Crippen molar-refractivity contribution in [2.24, 2.45) is 5.92 Å². The number of anilines is 1. The van der Waals surface area contributed by atoms with Crippen LogP contribution in [0.3, 0.4) is 0 Å². The van der Waals surface area contributed by atoms with Crippen LogP contribution in [0.5, 0.6) is 5.75 Å². The highest BCUT2D eigenvalue weighted by atomic mass is 16.8. The van der Waals surface area contributed by atoms with Crippen LogP contribution in [0.15, 0.2) is 41.2 Å². The van der Waals surface area contributed by atoms with Gasteiger partial charge in [0.25, 0.3) is 11.5 Å². The zero-order valence-corrected chi connectivity index (χ0v) is 14.9. The smallest absolute Gasteiger partial charge is 0.275 e. The van der Waals surface area contributed by atoms with E-state index in [4.69, 9.17) is 9.94 Å². The van der Waals surface area contributed by atoms with Gasteiger partial charge in [0.1, 0.15) is 11.4 Å². The number of fused-ring (bicyclic) bond motifs is 4. The van der Waals surface area contributed by atoms with Crippen molar-refractivity contribution in [3.63, 3.8) is 0 Å². The second-order valence-corrected chi connectivity index (χ2v) is 7.04. The largest absolute Gasteiger partial charge is 0.733 e. The molecule has 0 saturated carbocycles. The van der Waals surface area contributed by atoms with Crippen molar-refractivity contribution in [3.8, 4) is 5.75 Å². The van der Waals surface area contributed by atoms with Crippen molar-refractivity contribution in [1.82, 2.24) is 9.47 Å². The minimum Gasteiger partial charge on any atom is -0.733 e. The van der Waals surface area contributed by atoms with Crippen LogP contribution in [0.4, 0.5) is 5.69 Å². The fourth-order valence-corrected chi connectivity index (χ4v) is 4.24. The van der Waals surface area contributed by atoms with E-state index in [-0.39, 0.29) is 23.4 Å². The fraction of sp³-hybridized carbons (Fsp3) is 0.368. The average Bonchev–Trinajstić information content (AvgIpc) is 2.67. The summed E-state index contributed by atoms with van der Waals surface area (Å²) in [4.78, 5) is 27.3. The lowest BCUT2D eigenvalue weighted by Gasteiger charge is -2.43. The summed E-state index contributed by atoms with van der Waals surface area (Å²) in [6, 6.07) is 10.2. The minimum absolute atomic E-state index is 0.0108. The molecule has 27 heavy (non-hydrogen) atoms. The maximum atomic E-state index is 13.0. The lowest BCUT2D eigenvalue weighted by molar-refractivity contribution is 0.0591. The number of nitrogens with zero attached hydrogens (tertiary/aromatic N) is 3. The number of likely N-dealkylation sites (tertiary alicyclic amines) is 1. The van der Waals surface area contributed by atoms with Crippen LogP contribution in [0.1, 0.15) is 28.4 Å². The van der Waals surface area contributed by atoms with Gasteiger partial charge in [0.2, 0.25) is 0 Å². The molecule has 2 bridgehead atoms. The van der Waals surface area contributed by atoms with Crippen molar-refractivity contribution < 1.29 is 14.7 Å². The summed E-state index contributed by atoms with van der Waals surface area (Å²) >= 11 is 0. The number of hydrogen-bond acceptors (Lipinski definition) is 6. The van der Waals surface area contributed by atoms with E-state index in [1.165, 1.54) is 13.2 Å². The Morgan fingerprint density at radius 2 is 2.00 bits per heavy atom. The number of benzene rings is 1. The Morgan fingerprint density at radius 3 is 2.74 bits per heavy atom. The number of methoxy groups -OCH3 is 1. The van der Waals surface area contributed by atoms with Crippen molar-refractivity contribution >= 4 is 11.6 Å². The average molecular weight is 370 g/mol. The summed E-state index contributed by atoms with van der Waals surface area (Å²) in [7, 11) is 1.54. The van der Waals surface area contributed by atoms with Gasteiger partial charge in [0, 0.05) is 31.2 Å². The molecule has 2 atom stereocenters. The van der Waals surface area contributed by atoms with Gasteiger partial charge < -0.3 is 24.6 Å². The Hall–Kier alpha value is -2.84. The molecule has 0 spiro atoms. The first-order valence-corrected chi connectivity index (χ1v) is 8.81. The van der Waals surface area contributed by atoms with Gasteiger partial charge in [0.05, 0.1) is 12.7 Å². The number of aromatic nitrogens is 1. The van der Waals surface area contributed by atoms with Crippen molar-refractivity contribution in [2.45, 2.75) is 18.9 Å². The minimum atomic E-state index is -0.496. The summed E-state index contributed by atoms with van der Waals surface area (Å²) in [5.41, 5.74) is 0.527. The maximum absolute atomic E-state index is 13.0. The van der Waals surface area contributed by atoms with Crippen LogP contribution in [-0.2, 0) is 6.54 Å². The number of ether oxygens (including phenoxy) is 1. The highest BCUT2D eigenvalue weighted by Crippen LogP contribution is 2.36. The Kier molecular flexibility index (Phi) is 4.37. The molecule has 1 aromatic carbocycles. The molecule has 1 amide bonds. The summed E-state index contributed by atoms with van der Waals surface area (Å²) in [5.74, 6) is 0.576. The Labute approximate surface area is 155 Å². The van der Waals surface area contributed by atoms with Crippen molar-refractivity contribution in [2.75, 3.05) is 25.4 Å². The van der Waals surface area contributed by atoms with Crippen LogP contribution in [0, 0.1) is 11.1 Å². The molecule has 2 aliphatic heterocycles. The van der Waals surface area contributed by atoms with Gasteiger partial charge >= 0.3 is 0 Å². The molecule has 8 heteroatoms. The standard InChI is InChI=1S/C19H20N3O5/c1-27-17-5-3-2-4-14(17)18(23)20-9-12-8-13(11-20)15-6-7-16(22(25)26)19(24)21(15)10-12/h2-7,12-13,25H,8-11H2,1H3/q-1. The molecule has 3 heterocycles. The molecule has 4 rings (SSSR count). The Morgan fingerprint density at radius 1 is 1.22 bits per heavy atom. The predicted octanol–water partition coefficient (Wildman–Crippen LogP) is 1.81. The van der Waals surface area contributed by atoms with E-state index in [2.05, 4.69) is 0 Å². The van der Waals surface area contributed by atoms with Crippen LogP contribution >= 0.6 is 0 Å². The summed E-state index contributed by atoms with van der Waals surface area (Å²) < 4.78 is 6.86. The molecule has 1 aromatic heterocycles. The molecule has 1 saturated heterocycles. The third kappa shape index (κ3) is 2.96. The molecule has 0 radical (unpaired) electrons. The van der Waals surface area contributed by atoms with Crippen LogP contribution in [0.2, 0.25) is 0 Å². The molecule has 1 N–H and O–H groups in total. The number of amides is 1. The molecular weight excluding hydrogens is 350 g/mol. The lowest BCUT2D eigenvalue weighted by Crippen LogP contribution is -2.49. The van der Waals surface area contributed by atoms with E-state index in [0.717, 1.165) is 12.1 Å². The number of rotatable bonds is 3. The summed E-state index contributed by atoms with van der Waals surface area (Å²) in [6.07, 6.45) is 0.884. The van der Waals surface area contributed by atoms with Gasteiger partial charge in [-0.2, -0.15) is 0 Å². The van der Waals surface area contributed by atoms with E-state index >= 15 is 0 Å².